The average Bonchev–Trinajstić information content (AvgIpc) is 2.79. The van der Waals surface area contributed by atoms with Gasteiger partial charge in [0.25, 0.3) is 5.56 Å². The van der Waals surface area contributed by atoms with Crippen molar-refractivity contribution >= 4 is 17.0 Å². The number of aromatic nitrogens is 4. The molecule has 0 amide bonds. The number of imidazole rings is 1. The van der Waals surface area contributed by atoms with Crippen LogP contribution >= 0.6 is 0 Å². The van der Waals surface area contributed by atoms with Crippen LogP contribution in [0.5, 0.6) is 0 Å². The molecule has 3 aromatic rings. The molecule has 0 aliphatic carbocycles. The van der Waals surface area contributed by atoms with Crippen molar-refractivity contribution in [1.29, 1.82) is 0 Å². The van der Waals surface area contributed by atoms with Gasteiger partial charge < -0.3 is 5.11 Å². The molecule has 0 saturated carbocycles. The Kier molecular flexibility index (Phi) is 3.71. The number of fused-ring (bicyclic) bond motifs is 1. The lowest BCUT2D eigenvalue weighted by atomic mass is 10.2. The second-order valence-corrected chi connectivity index (χ2v) is 5.62. The fourth-order valence-electron chi connectivity index (χ4n) is 2.86. The molecule has 0 saturated heterocycles. The van der Waals surface area contributed by atoms with Crippen LogP contribution in [-0.2, 0) is 20.6 Å². The van der Waals surface area contributed by atoms with Gasteiger partial charge in [-0.2, -0.15) is 0 Å². The second-order valence-electron chi connectivity index (χ2n) is 5.62. The third-order valence-corrected chi connectivity index (χ3v) is 4.25. The zero-order valence-electron chi connectivity index (χ0n) is 13.9. The summed E-state index contributed by atoms with van der Waals surface area (Å²) in [5, 5.41) is 9.23. The van der Waals surface area contributed by atoms with Crippen molar-refractivity contribution in [3.05, 3.63) is 61.3 Å². The van der Waals surface area contributed by atoms with Gasteiger partial charge in [0, 0.05) is 26.8 Å². The van der Waals surface area contributed by atoms with Gasteiger partial charge in [-0.1, -0.05) is 0 Å². The van der Waals surface area contributed by atoms with Crippen LogP contribution in [0.3, 0.4) is 0 Å². The first-order valence-electron chi connectivity index (χ1n) is 7.53. The maximum Gasteiger partial charge on any atom is 0.342 e. The van der Waals surface area contributed by atoms with Crippen LogP contribution in [0, 0.1) is 0 Å². The molecular formula is C16H16N4O5. The number of carbonyl (C=O) groups is 1. The first-order chi connectivity index (χ1) is 11.8. The van der Waals surface area contributed by atoms with Crippen LogP contribution in [0.4, 0.5) is 0 Å². The Labute approximate surface area is 140 Å². The number of carboxylic acid groups (broad SMARTS) is 1. The van der Waals surface area contributed by atoms with Gasteiger partial charge in [-0.05, 0) is 25.1 Å². The average molecular weight is 344 g/mol. The number of hydrogen-bond acceptors (Lipinski definition) is 4. The normalized spacial score (nSPS) is 11.2. The van der Waals surface area contributed by atoms with E-state index in [1.54, 1.807) is 39.2 Å². The van der Waals surface area contributed by atoms with E-state index in [0.717, 1.165) is 15.3 Å². The minimum absolute atomic E-state index is 0.0465. The van der Waals surface area contributed by atoms with Crippen LogP contribution in [0.15, 0.2) is 38.8 Å². The molecule has 2 heterocycles. The Bertz CT molecular complexity index is 1190. The van der Waals surface area contributed by atoms with Crippen molar-refractivity contribution in [3.8, 4) is 5.69 Å². The molecule has 0 fully saturated rings. The fourth-order valence-corrected chi connectivity index (χ4v) is 2.86. The van der Waals surface area contributed by atoms with E-state index in [2.05, 4.69) is 0 Å². The minimum atomic E-state index is -1.41. The molecule has 0 atom stereocenters. The smallest absolute Gasteiger partial charge is 0.342 e. The van der Waals surface area contributed by atoms with E-state index in [9.17, 15) is 24.3 Å². The van der Waals surface area contributed by atoms with E-state index in [-0.39, 0.29) is 12.2 Å². The predicted octanol–water partition coefficient (Wildman–Crippen LogP) is -0.0923. The Morgan fingerprint density at radius 2 is 1.68 bits per heavy atom. The standard InChI is InChI=1S/C16H16N4O5/c1-4-19-13(21)10(14(22)23)8-20(16(19)25)9-5-6-11-12(7-9)18(3)15(24)17(11)2/h5-8H,4H2,1-3H3,(H,22,23). The Hall–Kier alpha value is -3.36. The van der Waals surface area contributed by atoms with Crippen LogP contribution in [-0.4, -0.2) is 29.3 Å². The Morgan fingerprint density at radius 1 is 1.04 bits per heavy atom. The molecule has 0 bridgehead atoms. The van der Waals surface area contributed by atoms with E-state index < -0.39 is 22.8 Å². The number of nitrogens with zero attached hydrogens (tertiary/aromatic N) is 4. The topological polar surface area (TPSA) is 108 Å². The van der Waals surface area contributed by atoms with Crippen molar-refractivity contribution in [2.45, 2.75) is 13.5 Å². The van der Waals surface area contributed by atoms with Gasteiger partial charge in [0.05, 0.1) is 16.7 Å². The van der Waals surface area contributed by atoms with Crippen molar-refractivity contribution in [3.63, 3.8) is 0 Å². The lowest BCUT2D eigenvalue weighted by Crippen LogP contribution is -2.41. The first kappa shape index (κ1) is 16.5. The third-order valence-electron chi connectivity index (χ3n) is 4.25. The molecule has 0 unspecified atom stereocenters. The number of aromatic carboxylic acids is 1. The van der Waals surface area contributed by atoms with Crippen LogP contribution in [0.25, 0.3) is 16.7 Å². The summed E-state index contributed by atoms with van der Waals surface area (Å²) >= 11 is 0. The molecule has 1 N–H and O–H groups in total. The van der Waals surface area contributed by atoms with E-state index in [1.165, 1.54) is 9.13 Å². The summed E-state index contributed by atoms with van der Waals surface area (Å²) in [6.07, 6.45) is 1.02. The monoisotopic (exact) mass is 344 g/mol. The molecule has 130 valence electrons. The lowest BCUT2D eigenvalue weighted by molar-refractivity contribution is 0.0693. The third kappa shape index (κ3) is 2.32. The molecule has 2 aromatic heterocycles. The van der Waals surface area contributed by atoms with Crippen LogP contribution in [0.2, 0.25) is 0 Å². The van der Waals surface area contributed by atoms with Crippen molar-refractivity contribution in [2.75, 3.05) is 0 Å². The van der Waals surface area contributed by atoms with Crippen molar-refractivity contribution in [2.24, 2.45) is 14.1 Å². The summed E-state index contributed by atoms with van der Waals surface area (Å²) in [4.78, 5) is 48.0. The highest BCUT2D eigenvalue weighted by molar-refractivity contribution is 5.87. The molecule has 0 aliphatic rings. The Morgan fingerprint density at radius 3 is 2.28 bits per heavy atom. The van der Waals surface area contributed by atoms with Crippen LogP contribution in [0.1, 0.15) is 17.3 Å². The van der Waals surface area contributed by atoms with Gasteiger partial charge in [0.15, 0.2) is 0 Å². The number of rotatable bonds is 3. The number of benzene rings is 1. The highest BCUT2D eigenvalue weighted by atomic mass is 16.4. The fraction of sp³-hybridized carbons (Fsp3) is 0.250. The van der Waals surface area contributed by atoms with E-state index in [0.29, 0.717) is 16.7 Å². The number of hydrogen-bond donors (Lipinski definition) is 1. The summed E-state index contributed by atoms with van der Waals surface area (Å²) in [6.45, 7) is 1.63. The molecule has 0 aliphatic heterocycles. The largest absolute Gasteiger partial charge is 0.477 e. The number of carboxylic acids is 1. The highest BCUT2D eigenvalue weighted by Gasteiger charge is 2.17. The van der Waals surface area contributed by atoms with Gasteiger partial charge in [0.1, 0.15) is 5.56 Å². The molecule has 0 spiro atoms. The summed E-state index contributed by atoms with van der Waals surface area (Å²) in [5.74, 6) is -1.41. The Balaban J connectivity index is 2.39. The molecule has 0 radical (unpaired) electrons. The van der Waals surface area contributed by atoms with Crippen LogP contribution < -0.4 is 16.9 Å². The molecular weight excluding hydrogens is 328 g/mol. The predicted molar refractivity (Wildman–Crippen MR) is 90.7 cm³/mol. The van der Waals surface area contributed by atoms with Crippen molar-refractivity contribution in [1.82, 2.24) is 18.3 Å². The maximum absolute atomic E-state index is 12.5. The lowest BCUT2D eigenvalue weighted by Gasteiger charge is -2.11. The van der Waals surface area contributed by atoms with Gasteiger partial charge in [0.2, 0.25) is 0 Å². The minimum Gasteiger partial charge on any atom is -0.477 e. The van der Waals surface area contributed by atoms with Crippen molar-refractivity contribution < 1.29 is 9.90 Å². The van der Waals surface area contributed by atoms with Gasteiger partial charge in [-0.3, -0.25) is 23.1 Å². The second kappa shape index (κ2) is 5.62. The van der Waals surface area contributed by atoms with Gasteiger partial charge >= 0.3 is 17.3 Å². The highest BCUT2D eigenvalue weighted by Crippen LogP contribution is 2.16. The molecule has 9 heteroatoms. The molecule has 3 rings (SSSR count). The first-order valence-corrected chi connectivity index (χ1v) is 7.53. The summed E-state index contributed by atoms with van der Waals surface area (Å²) < 4.78 is 4.86. The van der Waals surface area contributed by atoms with Gasteiger partial charge in [-0.15, -0.1) is 0 Å². The summed E-state index contributed by atoms with van der Waals surface area (Å²) in [7, 11) is 3.24. The summed E-state index contributed by atoms with van der Waals surface area (Å²) in [5.41, 5.74) is -0.576. The summed E-state index contributed by atoms with van der Waals surface area (Å²) in [6, 6.07) is 4.87. The van der Waals surface area contributed by atoms with E-state index in [4.69, 9.17) is 0 Å². The quantitative estimate of drug-likeness (QED) is 0.714. The molecule has 1 aromatic carbocycles. The SMILES string of the molecule is CCn1c(=O)c(C(=O)O)cn(-c2ccc3c(c2)n(C)c(=O)n3C)c1=O. The van der Waals surface area contributed by atoms with E-state index in [1.807, 2.05) is 0 Å². The molecule has 9 nitrogen and oxygen atoms in total. The molecule has 25 heavy (non-hydrogen) atoms. The van der Waals surface area contributed by atoms with E-state index >= 15 is 0 Å². The zero-order chi connectivity index (χ0) is 18.5. The van der Waals surface area contributed by atoms with Gasteiger partial charge in [-0.25, -0.2) is 14.4 Å². The zero-order valence-corrected chi connectivity index (χ0v) is 13.9. The maximum atomic E-state index is 12.5. The number of aryl methyl sites for hydroxylation is 2.